The summed E-state index contributed by atoms with van der Waals surface area (Å²) in [6.07, 6.45) is 0.0113. The Morgan fingerprint density at radius 1 is 1.19 bits per heavy atom. The maximum Gasteiger partial charge on any atom is 0.409 e. The lowest BCUT2D eigenvalue weighted by Crippen LogP contribution is -2.30. The average molecular weight is 289 g/mol. The highest BCUT2D eigenvalue weighted by molar-refractivity contribution is 5.91. The molecule has 9 nitrogen and oxygen atoms in total. The third-order valence-electron chi connectivity index (χ3n) is 2.33. The van der Waals surface area contributed by atoms with Gasteiger partial charge in [-0.15, -0.1) is 0 Å². The Kier molecular flexibility index (Phi) is 4.26. The maximum atomic E-state index is 11.3. The van der Waals surface area contributed by atoms with Crippen LogP contribution in [0.5, 0.6) is 11.6 Å². The van der Waals surface area contributed by atoms with Gasteiger partial charge in [-0.05, 0) is 24.3 Å². The number of hydrogen-bond acceptors (Lipinski definition) is 6. The second-order valence-corrected chi connectivity index (χ2v) is 3.77. The van der Waals surface area contributed by atoms with E-state index >= 15 is 0 Å². The smallest absolute Gasteiger partial charge is 0.409 e. The van der Waals surface area contributed by atoms with Crippen LogP contribution in [0.1, 0.15) is 10.5 Å². The molecule has 0 saturated heterocycles. The van der Waals surface area contributed by atoms with E-state index in [4.69, 9.17) is 15.7 Å². The number of hydrazine groups is 1. The van der Waals surface area contributed by atoms with Crippen LogP contribution in [-0.2, 0) is 0 Å². The van der Waals surface area contributed by atoms with Crippen molar-refractivity contribution in [1.29, 1.82) is 0 Å². The van der Waals surface area contributed by atoms with Crippen LogP contribution in [0.4, 0.5) is 10.5 Å². The zero-order chi connectivity index (χ0) is 15.2. The van der Waals surface area contributed by atoms with Gasteiger partial charge in [-0.2, -0.15) is 0 Å². The van der Waals surface area contributed by atoms with E-state index < -0.39 is 12.0 Å². The van der Waals surface area contributed by atoms with E-state index in [2.05, 4.69) is 15.3 Å². The van der Waals surface area contributed by atoms with Crippen molar-refractivity contribution in [2.45, 2.75) is 0 Å². The summed E-state index contributed by atoms with van der Waals surface area (Å²) < 4.78 is 5.43. The Balaban J connectivity index is 2.11. The summed E-state index contributed by atoms with van der Waals surface area (Å²) in [5, 5.41) is 10.8. The summed E-state index contributed by atoms with van der Waals surface area (Å²) in [4.78, 5) is 29.4. The number of ether oxygens (including phenoxy) is 1. The molecule has 0 aliphatic rings. The maximum absolute atomic E-state index is 11.3. The normalized spacial score (nSPS) is 9.76. The first-order valence-corrected chi connectivity index (χ1v) is 5.69. The molecule has 0 unspecified atom stereocenters. The van der Waals surface area contributed by atoms with Crippen molar-refractivity contribution < 1.29 is 19.4 Å². The fourth-order valence-electron chi connectivity index (χ4n) is 1.44. The van der Waals surface area contributed by atoms with Gasteiger partial charge in [-0.1, -0.05) is 0 Å². The van der Waals surface area contributed by atoms with Crippen molar-refractivity contribution in [2.75, 3.05) is 5.32 Å². The second kappa shape index (κ2) is 6.30. The molecule has 108 valence electrons. The van der Waals surface area contributed by atoms with Crippen LogP contribution in [-0.4, -0.2) is 27.1 Å². The minimum atomic E-state index is -1.16. The highest BCUT2D eigenvalue weighted by atomic mass is 16.5. The van der Waals surface area contributed by atoms with Crippen molar-refractivity contribution in [3.63, 3.8) is 0 Å². The van der Waals surface area contributed by atoms with Gasteiger partial charge in [0.1, 0.15) is 17.8 Å². The zero-order valence-electron chi connectivity index (χ0n) is 10.6. The number of carboxylic acid groups (broad SMARTS) is 1. The summed E-state index contributed by atoms with van der Waals surface area (Å²) in [6.45, 7) is 0. The van der Waals surface area contributed by atoms with Crippen LogP contribution in [0, 0.1) is 0 Å². The molecule has 0 radical (unpaired) electrons. The van der Waals surface area contributed by atoms with Gasteiger partial charge < -0.3 is 9.84 Å². The van der Waals surface area contributed by atoms with Gasteiger partial charge in [0.15, 0.2) is 0 Å². The lowest BCUT2D eigenvalue weighted by Gasteiger charge is -2.06. The number of hydrogen-bond donors (Lipinski definition) is 4. The minimum absolute atomic E-state index is 0.0617. The van der Waals surface area contributed by atoms with Gasteiger partial charge in [0, 0.05) is 11.8 Å². The standard InChI is InChI=1S/C12H11N5O4/c13-17-11(18)9-5-10(15-6-14-9)21-8-3-1-7(2-4-8)16-12(19)20/h1-6,16H,13H2,(H,17,18)(H,19,20). The van der Waals surface area contributed by atoms with Crippen LogP contribution in [0.25, 0.3) is 0 Å². The van der Waals surface area contributed by atoms with Crippen LogP contribution < -0.4 is 21.3 Å². The number of aromatic nitrogens is 2. The van der Waals surface area contributed by atoms with Crippen LogP contribution in [0.15, 0.2) is 36.7 Å². The number of nitrogens with two attached hydrogens (primary N) is 1. The molecule has 0 aliphatic heterocycles. The first-order chi connectivity index (χ1) is 10.1. The summed E-state index contributed by atoms with van der Waals surface area (Å²) in [5.41, 5.74) is 2.41. The Morgan fingerprint density at radius 2 is 1.90 bits per heavy atom. The number of amides is 2. The van der Waals surface area contributed by atoms with Crippen molar-refractivity contribution >= 4 is 17.7 Å². The summed E-state index contributed by atoms with van der Waals surface area (Å²) in [7, 11) is 0. The fourth-order valence-corrected chi connectivity index (χ4v) is 1.44. The number of rotatable bonds is 4. The summed E-state index contributed by atoms with van der Waals surface area (Å²) in [5.74, 6) is 5.02. The van der Waals surface area contributed by atoms with E-state index in [1.807, 2.05) is 5.43 Å². The summed E-state index contributed by atoms with van der Waals surface area (Å²) >= 11 is 0. The van der Waals surface area contributed by atoms with Gasteiger partial charge in [0.05, 0.1) is 0 Å². The van der Waals surface area contributed by atoms with Crippen molar-refractivity contribution in [1.82, 2.24) is 15.4 Å². The van der Waals surface area contributed by atoms with Crippen LogP contribution >= 0.6 is 0 Å². The van der Waals surface area contributed by atoms with E-state index in [0.717, 1.165) is 0 Å². The van der Waals surface area contributed by atoms with Gasteiger partial charge in [-0.3, -0.25) is 15.5 Å². The lowest BCUT2D eigenvalue weighted by atomic mass is 10.3. The molecule has 5 N–H and O–H groups in total. The number of carbonyl (C=O) groups excluding carboxylic acids is 1. The Morgan fingerprint density at radius 3 is 2.52 bits per heavy atom. The van der Waals surface area contributed by atoms with Gasteiger partial charge in [0.2, 0.25) is 5.88 Å². The third kappa shape index (κ3) is 3.88. The van der Waals surface area contributed by atoms with Crippen molar-refractivity contribution in [2.24, 2.45) is 5.84 Å². The van der Waals surface area contributed by atoms with E-state index in [-0.39, 0.29) is 11.6 Å². The molecule has 2 aromatic rings. The fraction of sp³-hybridized carbons (Fsp3) is 0. The molecule has 0 aliphatic carbocycles. The number of nitrogen functional groups attached to an aromatic ring is 1. The molecule has 0 atom stereocenters. The lowest BCUT2D eigenvalue weighted by molar-refractivity contribution is 0.0948. The van der Waals surface area contributed by atoms with Gasteiger partial charge in [-0.25, -0.2) is 20.6 Å². The molecule has 2 rings (SSSR count). The Labute approximate surface area is 118 Å². The Hall–Kier alpha value is -3.20. The molecular formula is C12H11N5O4. The number of nitrogens with one attached hydrogen (secondary N) is 2. The van der Waals surface area contributed by atoms with E-state index in [1.165, 1.54) is 24.5 Å². The third-order valence-corrected chi connectivity index (χ3v) is 2.33. The quantitative estimate of drug-likeness (QED) is 0.373. The Bertz CT molecular complexity index is 659. The minimum Gasteiger partial charge on any atom is -0.465 e. The van der Waals surface area contributed by atoms with Gasteiger partial charge >= 0.3 is 6.09 Å². The monoisotopic (exact) mass is 289 g/mol. The number of carbonyl (C=O) groups is 2. The highest BCUT2D eigenvalue weighted by Gasteiger charge is 2.08. The molecule has 1 aromatic carbocycles. The zero-order valence-corrected chi connectivity index (χ0v) is 10.6. The topological polar surface area (TPSA) is 139 Å². The average Bonchev–Trinajstić information content (AvgIpc) is 2.48. The predicted molar refractivity (Wildman–Crippen MR) is 71.8 cm³/mol. The van der Waals surface area contributed by atoms with Crippen LogP contribution in [0.2, 0.25) is 0 Å². The van der Waals surface area contributed by atoms with E-state index in [9.17, 15) is 9.59 Å². The largest absolute Gasteiger partial charge is 0.465 e. The molecule has 9 heteroatoms. The predicted octanol–water partition coefficient (Wildman–Crippen LogP) is 0.962. The number of anilines is 1. The molecule has 1 aromatic heterocycles. The highest BCUT2D eigenvalue weighted by Crippen LogP contribution is 2.21. The van der Waals surface area contributed by atoms with Crippen molar-refractivity contribution in [3.8, 4) is 11.6 Å². The van der Waals surface area contributed by atoms with Gasteiger partial charge in [0.25, 0.3) is 5.91 Å². The SMILES string of the molecule is NNC(=O)c1cc(Oc2ccc(NC(=O)O)cc2)ncn1. The molecule has 2 amide bonds. The van der Waals surface area contributed by atoms with E-state index in [1.54, 1.807) is 12.1 Å². The number of benzene rings is 1. The summed E-state index contributed by atoms with van der Waals surface area (Å²) in [6, 6.07) is 7.48. The first-order valence-electron chi connectivity index (χ1n) is 5.69. The second-order valence-electron chi connectivity index (χ2n) is 3.77. The molecule has 21 heavy (non-hydrogen) atoms. The molecule has 1 heterocycles. The molecule has 0 spiro atoms. The molecule has 0 saturated carbocycles. The van der Waals surface area contributed by atoms with E-state index in [0.29, 0.717) is 11.4 Å². The number of nitrogens with zero attached hydrogens (tertiary/aromatic N) is 2. The van der Waals surface area contributed by atoms with Crippen LogP contribution in [0.3, 0.4) is 0 Å². The first kappa shape index (κ1) is 14.2. The molecule has 0 fully saturated rings. The molecule has 0 bridgehead atoms. The van der Waals surface area contributed by atoms with Crippen molar-refractivity contribution in [3.05, 3.63) is 42.4 Å². The molecular weight excluding hydrogens is 278 g/mol.